The van der Waals surface area contributed by atoms with Crippen LogP contribution in [-0.4, -0.2) is 21.6 Å². The van der Waals surface area contributed by atoms with Crippen LogP contribution >= 0.6 is 22.9 Å². The van der Waals surface area contributed by atoms with E-state index < -0.39 is 5.82 Å². The number of ether oxygens (including phenoxy) is 1. The summed E-state index contributed by atoms with van der Waals surface area (Å²) >= 11 is 7.74. The van der Waals surface area contributed by atoms with Crippen molar-refractivity contribution in [3.63, 3.8) is 0 Å². The number of halogens is 2. The van der Waals surface area contributed by atoms with Crippen molar-refractivity contribution < 1.29 is 9.13 Å². The van der Waals surface area contributed by atoms with Gasteiger partial charge in [0.15, 0.2) is 11.6 Å². The van der Waals surface area contributed by atoms with Gasteiger partial charge in [-0.25, -0.2) is 14.4 Å². The molecule has 1 atom stereocenters. The van der Waals surface area contributed by atoms with E-state index in [1.165, 1.54) is 24.5 Å². The van der Waals surface area contributed by atoms with Gasteiger partial charge in [-0.1, -0.05) is 0 Å². The van der Waals surface area contributed by atoms with Crippen LogP contribution in [0.25, 0.3) is 11.0 Å². The normalized spacial score (nSPS) is 12.8. The summed E-state index contributed by atoms with van der Waals surface area (Å²) in [4.78, 5) is 8.72. The molecule has 0 bridgehead atoms. The molecule has 1 unspecified atom stereocenters. The van der Waals surface area contributed by atoms with Gasteiger partial charge in [0, 0.05) is 17.5 Å². The summed E-state index contributed by atoms with van der Waals surface area (Å²) < 4.78 is 20.8. The smallest absolute Gasteiger partial charge is 0.167 e. The second-order valence-electron chi connectivity index (χ2n) is 4.63. The van der Waals surface area contributed by atoms with E-state index in [9.17, 15) is 4.39 Å². The molecule has 0 aliphatic carbocycles. The monoisotopic (exact) mass is 325 g/mol. The maximum atomic E-state index is 13.8. The highest BCUT2D eigenvalue weighted by Gasteiger charge is 2.18. The second-order valence-corrected chi connectivity index (χ2v) is 6.00. The van der Waals surface area contributed by atoms with Gasteiger partial charge in [-0.15, -0.1) is 22.9 Å². The molecule has 0 aliphatic rings. The number of hydrogen-bond acceptors (Lipinski definition) is 4. The lowest BCUT2D eigenvalue weighted by Crippen LogP contribution is -2.06. The molecule has 3 rings (SSSR count). The molecule has 1 aromatic carbocycles. The van der Waals surface area contributed by atoms with Crippen LogP contribution in [0.15, 0.2) is 23.0 Å². The first kappa shape index (κ1) is 14.3. The first-order valence-corrected chi connectivity index (χ1v) is 7.73. The highest BCUT2D eigenvalue weighted by atomic mass is 35.5. The fraction of sp³-hybridized carbons (Fsp3) is 0.286. The molecule has 0 saturated carbocycles. The van der Waals surface area contributed by atoms with Crippen molar-refractivity contribution in [1.29, 1.82) is 0 Å². The maximum Gasteiger partial charge on any atom is 0.167 e. The second kappa shape index (κ2) is 5.61. The molecule has 2 heterocycles. The predicted octanol–water partition coefficient (Wildman–Crippen LogP) is 3.99. The largest absolute Gasteiger partial charge is 0.494 e. The van der Waals surface area contributed by atoms with E-state index in [2.05, 4.69) is 9.97 Å². The molecule has 3 aromatic rings. The lowest BCUT2D eigenvalue weighted by Gasteiger charge is -2.09. The van der Waals surface area contributed by atoms with Crippen molar-refractivity contribution >= 4 is 34.0 Å². The van der Waals surface area contributed by atoms with Crippen molar-refractivity contribution in [2.45, 2.75) is 18.8 Å². The van der Waals surface area contributed by atoms with Gasteiger partial charge in [-0.2, -0.15) is 0 Å². The van der Waals surface area contributed by atoms with Gasteiger partial charge in [-0.05, 0) is 6.92 Å². The Labute approximate surface area is 130 Å². The zero-order chi connectivity index (χ0) is 15.0. The Bertz CT molecular complexity index is 770. The maximum absolute atomic E-state index is 13.8. The molecule has 0 fully saturated rings. The quantitative estimate of drug-likeness (QED) is 0.681. The van der Waals surface area contributed by atoms with E-state index >= 15 is 0 Å². The number of nitrogens with zero attached hydrogens (tertiary/aromatic N) is 3. The van der Waals surface area contributed by atoms with E-state index in [0.717, 1.165) is 11.2 Å². The summed E-state index contributed by atoms with van der Waals surface area (Å²) in [5.74, 6) is 0.445. The first-order chi connectivity index (χ1) is 10.1. The van der Waals surface area contributed by atoms with Crippen molar-refractivity contribution in [1.82, 2.24) is 14.5 Å². The Balaban J connectivity index is 2.20. The van der Waals surface area contributed by atoms with Crippen molar-refractivity contribution in [2.24, 2.45) is 0 Å². The number of hydrogen-bond donors (Lipinski definition) is 0. The molecule has 4 nitrogen and oxygen atoms in total. The number of imidazole rings is 1. The molecule has 7 heteroatoms. The summed E-state index contributed by atoms with van der Waals surface area (Å²) in [6.45, 7) is 2.38. The number of benzene rings is 1. The third-order valence-electron chi connectivity index (χ3n) is 3.21. The first-order valence-electron chi connectivity index (χ1n) is 6.35. The van der Waals surface area contributed by atoms with Crippen molar-refractivity contribution in [3.8, 4) is 5.75 Å². The third-order valence-corrected chi connectivity index (χ3v) is 4.04. The van der Waals surface area contributed by atoms with Gasteiger partial charge in [0.1, 0.15) is 5.82 Å². The Kier molecular flexibility index (Phi) is 3.82. The summed E-state index contributed by atoms with van der Waals surface area (Å²) in [6.07, 6.45) is 0. The number of aromatic nitrogens is 3. The van der Waals surface area contributed by atoms with E-state index in [4.69, 9.17) is 16.3 Å². The van der Waals surface area contributed by atoms with Gasteiger partial charge >= 0.3 is 0 Å². The van der Waals surface area contributed by atoms with Gasteiger partial charge in [0.25, 0.3) is 0 Å². The minimum Gasteiger partial charge on any atom is -0.494 e. The molecule has 0 radical (unpaired) electrons. The molecule has 21 heavy (non-hydrogen) atoms. The average Bonchev–Trinajstić information content (AvgIpc) is 3.06. The van der Waals surface area contributed by atoms with E-state index in [1.807, 2.05) is 16.9 Å². The van der Waals surface area contributed by atoms with E-state index in [1.54, 1.807) is 11.6 Å². The Hall–Kier alpha value is -1.66. The Morgan fingerprint density at radius 2 is 2.29 bits per heavy atom. The number of alkyl halides is 1. The van der Waals surface area contributed by atoms with Crippen LogP contribution in [-0.2, 0) is 6.54 Å². The minimum atomic E-state index is -0.433. The molecule has 0 spiro atoms. The summed E-state index contributed by atoms with van der Waals surface area (Å²) in [5, 5.41) is 1.68. The van der Waals surface area contributed by atoms with Crippen LogP contribution in [0.1, 0.15) is 23.8 Å². The predicted molar refractivity (Wildman–Crippen MR) is 81.7 cm³/mol. The number of fused-ring (bicyclic) bond motifs is 1. The number of rotatable bonds is 4. The van der Waals surface area contributed by atoms with Crippen LogP contribution in [0.4, 0.5) is 4.39 Å². The molecule has 110 valence electrons. The average molecular weight is 326 g/mol. The number of thiazole rings is 1. The molecule has 0 aliphatic heterocycles. The minimum absolute atomic E-state index is 0.190. The lowest BCUT2D eigenvalue weighted by molar-refractivity contribution is 0.387. The SMILES string of the molecule is COc1cc2c(cc1F)nc(C(C)Cl)n2Cc1cscn1. The molecular formula is C14H13ClFN3OS. The topological polar surface area (TPSA) is 39.9 Å². The summed E-state index contributed by atoms with van der Waals surface area (Å²) in [7, 11) is 1.44. The fourth-order valence-corrected chi connectivity index (χ4v) is 2.97. The third kappa shape index (κ3) is 2.61. The van der Waals surface area contributed by atoms with Crippen LogP contribution in [0, 0.1) is 5.82 Å². The fourth-order valence-electron chi connectivity index (χ4n) is 2.25. The standard InChI is InChI=1S/C14H13ClFN3OS/c1-8(15)14-18-11-3-10(16)13(20-2)4-12(11)19(14)5-9-6-21-7-17-9/h3-4,6-8H,5H2,1-2H3. The van der Waals surface area contributed by atoms with Crippen LogP contribution in [0.2, 0.25) is 0 Å². The van der Waals surface area contributed by atoms with Gasteiger partial charge in [-0.3, -0.25) is 0 Å². The molecular weight excluding hydrogens is 313 g/mol. The zero-order valence-corrected chi connectivity index (χ0v) is 13.1. The number of methoxy groups -OCH3 is 1. The van der Waals surface area contributed by atoms with Gasteiger partial charge in [0.2, 0.25) is 0 Å². The molecule has 0 saturated heterocycles. The van der Waals surface area contributed by atoms with Crippen molar-refractivity contribution in [2.75, 3.05) is 7.11 Å². The van der Waals surface area contributed by atoms with Crippen LogP contribution in [0.3, 0.4) is 0 Å². The summed E-state index contributed by atoms with van der Waals surface area (Å²) in [5.41, 5.74) is 4.04. The van der Waals surface area contributed by atoms with Crippen LogP contribution < -0.4 is 4.74 Å². The van der Waals surface area contributed by atoms with Crippen molar-refractivity contribution in [3.05, 3.63) is 40.4 Å². The van der Waals surface area contributed by atoms with E-state index in [-0.39, 0.29) is 11.1 Å². The molecule has 0 amide bonds. The van der Waals surface area contributed by atoms with Crippen LogP contribution in [0.5, 0.6) is 5.75 Å². The van der Waals surface area contributed by atoms with Gasteiger partial charge in [0.05, 0.1) is 41.3 Å². The highest BCUT2D eigenvalue weighted by Crippen LogP contribution is 2.29. The Morgan fingerprint density at radius 1 is 1.48 bits per heavy atom. The molecule has 0 N–H and O–H groups in total. The Morgan fingerprint density at radius 3 is 2.90 bits per heavy atom. The zero-order valence-electron chi connectivity index (χ0n) is 11.5. The lowest BCUT2D eigenvalue weighted by atomic mass is 10.2. The molecule has 2 aromatic heterocycles. The van der Waals surface area contributed by atoms with E-state index in [0.29, 0.717) is 17.9 Å². The summed E-state index contributed by atoms with van der Waals surface area (Å²) in [6, 6.07) is 3.02. The van der Waals surface area contributed by atoms with Gasteiger partial charge < -0.3 is 9.30 Å². The highest BCUT2D eigenvalue weighted by molar-refractivity contribution is 7.07.